The van der Waals surface area contributed by atoms with E-state index in [4.69, 9.17) is 16.1 Å². The molecule has 0 aliphatic heterocycles. The lowest BCUT2D eigenvalue weighted by Gasteiger charge is -2.00. The maximum atomic E-state index is 12.3. The summed E-state index contributed by atoms with van der Waals surface area (Å²) in [6, 6.07) is 18.8. The molecule has 2 aromatic carbocycles. The van der Waals surface area contributed by atoms with E-state index >= 15 is 0 Å². The number of fused-ring (bicyclic) bond motifs is 1. The summed E-state index contributed by atoms with van der Waals surface area (Å²) in [5.41, 5.74) is 2.96. The van der Waals surface area contributed by atoms with Crippen molar-refractivity contribution in [2.75, 3.05) is 0 Å². The van der Waals surface area contributed by atoms with Crippen molar-refractivity contribution >= 4 is 28.4 Å². The minimum Gasteiger partial charge on any atom is -0.357 e. The molecular weight excluding hydrogens is 338 g/mol. The predicted molar refractivity (Wildman–Crippen MR) is 96.4 cm³/mol. The zero-order chi connectivity index (χ0) is 17.2. The van der Waals surface area contributed by atoms with Gasteiger partial charge in [0.15, 0.2) is 11.5 Å². The predicted octanol–water partition coefficient (Wildman–Crippen LogP) is 4.41. The Balaban J connectivity index is 1.46. The minimum absolute atomic E-state index is 0.228. The zero-order valence-corrected chi connectivity index (χ0v) is 13.9. The number of H-pyrrole nitrogens is 1. The number of hydrogen-bond donors (Lipinski definition) is 2. The van der Waals surface area contributed by atoms with Gasteiger partial charge in [0.2, 0.25) is 0 Å². The number of para-hydroxylation sites is 1. The molecule has 124 valence electrons. The highest BCUT2D eigenvalue weighted by atomic mass is 35.5. The summed E-state index contributed by atoms with van der Waals surface area (Å²) >= 11 is 5.97. The Labute approximate surface area is 148 Å². The second-order valence-corrected chi connectivity index (χ2v) is 6.09. The normalized spacial score (nSPS) is 10.9. The number of benzene rings is 2. The van der Waals surface area contributed by atoms with E-state index < -0.39 is 0 Å². The number of carbonyl (C=O) groups excluding carboxylic acids is 1. The largest absolute Gasteiger partial charge is 0.357 e. The Morgan fingerprint density at radius 2 is 2.00 bits per heavy atom. The summed E-state index contributed by atoms with van der Waals surface area (Å²) in [7, 11) is 0. The highest BCUT2D eigenvalue weighted by Gasteiger charge is 2.14. The number of hydrogen-bond acceptors (Lipinski definition) is 3. The fraction of sp³-hybridized carbons (Fsp3) is 0.0526. The Bertz CT molecular complexity index is 1020. The van der Waals surface area contributed by atoms with Crippen LogP contribution in [-0.2, 0) is 6.54 Å². The van der Waals surface area contributed by atoms with Gasteiger partial charge in [-0.25, -0.2) is 0 Å². The van der Waals surface area contributed by atoms with E-state index in [0.29, 0.717) is 17.3 Å². The van der Waals surface area contributed by atoms with Crippen LogP contribution in [0.3, 0.4) is 0 Å². The molecule has 2 aromatic heterocycles. The second kappa shape index (κ2) is 6.45. The van der Waals surface area contributed by atoms with E-state index in [1.165, 1.54) is 0 Å². The molecule has 2 heterocycles. The average Bonchev–Trinajstić information content (AvgIpc) is 3.26. The highest BCUT2D eigenvalue weighted by Crippen LogP contribution is 2.23. The first-order chi connectivity index (χ1) is 12.2. The Kier molecular flexibility index (Phi) is 3.99. The molecule has 0 aliphatic carbocycles. The van der Waals surface area contributed by atoms with Crippen molar-refractivity contribution in [1.29, 1.82) is 0 Å². The topological polar surface area (TPSA) is 70.9 Å². The molecule has 0 unspecified atom stereocenters. The van der Waals surface area contributed by atoms with Crippen molar-refractivity contribution in [3.8, 4) is 11.3 Å². The van der Waals surface area contributed by atoms with Gasteiger partial charge in [0.25, 0.3) is 5.91 Å². The molecule has 25 heavy (non-hydrogen) atoms. The standard InChI is InChI=1S/C19H14ClN3O2/c20-14-6-3-5-13(8-14)18-10-17(23-25-18)19(24)21-11-15-9-12-4-1-2-7-16(12)22-15/h1-10,22H,11H2,(H,21,24). The molecule has 0 saturated carbocycles. The van der Waals surface area contributed by atoms with Gasteiger partial charge in [0.1, 0.15) is 0 Å². The first-order valence-electron chi connectivity index (χ1n) is 7.76. The summed E-state index contributed by atoms with van der Waals surface area (Å²) in [5, 5.41) is 8.37. The van der Waals surface area contributed by atoms with Crippen molar-refractivity contribution in [1.82, 2.24) is 15.5 Å². The lowest BCUT2D eigenvalue weighted by molar-refractivity contribution is 0.0941. The monoisotopic (exact) mass is 351 g/mol. The lowest BCUT2D eigenvalue weighted by atomic mass is 10.1. The van der Waals surface area contributed by atoms with Gasteiger partial charge >= 0.3 is 0 Å². The molecule has 0 spiro atoms. The summed E-state index contributed by atoms with van der Waals surface area (Å²) in [4.78, 5) is 15.5. The fourth-order valence-corrected chi connectivity index (χ4v) is 2.85. The van der Waals surface area contributed by atoms with Crippen molar-refractivity contribution in [3.63, 3.8) is 0 Å². The molecule has 5 nitrogen and oxygen atoms in total. The van der Waals surface area contributed by atoms with Gasteiger partial charge in [-0.1, -0.05) is 47.1 Å². The van der Waals surface area contributed by atoms with Crippen LogP contribution in [0.5, 0.6) is 0 Å². The number of carbonyl (C=O) groups is 1. The molecule has 0 bridgehead atoms. The maximum absolute atomic E-state index is 12.3. The highest BCUT2D eigenvalue weighted by molar-refractivity contribution is 6.30. The number of nitrogens with zero attached hydrogens (tertiary/aromatic N) is 1. The molecule has 0 saturated heterocycles. The maximum Gasteiger partial charge on any atom is 0.273 e. The third-order valence-corrected chi connectivity index (χ3v) is 4.11. The van der Waals surface area contributed by atoms with E-state index in [0.717, 1.165) is 22.2 Å². The Hall–Kier alpha value is -3.05. The van der Waals surface area contributed by atoms with E-state index in [1.54, 1.807) is 18.2 Å². The molecule has 0 atom stereocenters. The third kappa shape index (κ3) is 3.27. The Morgan fingerprint density at radius 1 is 1.12 bits per heavy atom. The molecule has 6 heteroatoms. The summed E-state index contributed by atoms with van der Waals surface area (Å²) in [6.45, 7) is 0.382. The summed E-state index contributed by atoms with van der Waals surface area (Å²) < 4.78 is 5.25. The average molecular weight is 352 g/mol. The molecule has 0 aliphatic rings. The fourth-order valence-electron chi connectivity index (χ4n) is 2.65. The number of halogens is 1. The van der Waals surface area contributed by atoms with Gasteiger partial charge in [-0.05, 0) is 29.7 Å². The second-order valence-electron chi connectivity index (χ2n) is 5.65. The van der Waals surface area contributed by atoms with Crippen molar-refractivity contribution in [2.24, 2.45) is 0 Å². The summed E-state index contributed by atoms with van der Waals surface area (Å²) in [6.07, 6.45) is 0. The molecule has 4 rings (SSSR count). The SMILES string of the molecule is O=C(NCc1cc2ccccc2[nH]1)c1cc(-c2cccc(Cl)c2)on1. The number of amides is 1. The van der Waals surface area contributed by atoms with E-state index in [-0.39, 0.29) is 11.6 Å². The van der Waals surface area contributed by atoms with Crippen molar-refractivity contribution in [3.05, 3.63) is 77.1 Å². The lowest BCUT2D eigenvalue weighted by Crippen LogP contribution is -2.23. The Morgan fingerprint density at radius 3 is 2.84 bits per heavy atom. The van der Waals surface area contributed by atoms with Gasteiger partial charge in [-0.15, -0.1) is 0 Å². The quantitative estimate of drug-likeness (QED) is 0.572. The molecular formula is C19H14ClN3O2. The van der Waals surface area contributed by atoms with Crippen LogP contribution in [0.4, 0.5) is 0 Å². The van der Waals surface area contributed by atoms with Gasteiger partial charge in [0.05, 0.1) is 6.54 Å². The van der Waals surface area contributed by atoms with Crippen LogP contribution in [0.25, 0.3) is 22.2 Å². The number of rotatable bonds is 4. The number of aromatic nitrogens is 2. The van der Waals surface area contributed by atoms with E-state index in [1.807, 2.05) is 42.5 Å². The smallest absolute Gasteiger partial charge is 0.273 e. The number of aromatic amines is 1. The van der Waals surface area contributed by atoms with Crippen LogP contribution in [0.1, 0.15) is 16.2 Å². The van der Waals surface area contributed by atoms with Crippen LogP contribution < -0.4 is 5.32 Å². The minimum atomic E-state index is -0.296. The molecule has 2 N–H and O–H groups in total. The van der Waals surface area contributed by atoms with Crippen LogP contribution in [0, 0.1) is 0 Å². The number of nitrogens with one attached hydrogen (secondary N) is 2. The van der Waals surface area contributed by atoms with Crippen LogP contribution >= 0.6 is 11.6 Å². The van der Waals surface area contributed by atoms with Crippen molar-refractivity contribution in [2.45, 2.75) is 6.54 Å². The van der Waals surface area contributed by atoms with Crippen LogP contribution in [0.15, 0.2) is 65.2 Å². The van der Waals surface area contributed by atoms with E-state index in [2.05, 4.69) is 15.5 Å². The van der Waals surface area contributed by atoms with Gasteiger partial charge in [-0.3, -0.25) is 4.79 Å². The summed E-state index contributed by atoms with van der Waals surface area (Å²) in [5.74, 6) is 0.203. The zero-order valence-electron chi connectivity index (χ0n) is 13.1. The van der Waals surface area contributed by atoms with Gasteiger partial charge in [-0.2, -0.15) is 0 Å². The van der Waals surface area contributed by atoms with Crippen LogP contribution in [-0.4, -0.2) is 16.0 Å². The molecule has 0 radical (unpaired) electrons. The molecule has 4 aromatic rings. The molecule has 1 amide bonds. The first kappa shape index (κ1) is 15.5. The third-order valence-electron chi connectivity index (χ3n) is 3.88. The molecule has 0 fully saturated rings. The van der Waals surface area contributed by atoms with E-state index in [9.17, 15) is 4.79 Å². The van der Waals surface area contributed by atoms with Crippen LogP contribution in [0.2, 0.25) is 5.02 Å². The first-order valence-corrected chi connectivity index (χ1v) is 8.14. The van der Waals surface area contributed by atoms with Crippen molar-refractivity contribution < 1.29 is 9.32 Å². The van der Waals surface area contributed by atoms with Gasteiger partial charge in [0, 0.05) is 27.9 Å². The van der Waals surface area contributed by atoms with Gasteiger partial charge < -0.3 is 14.8 Å².